The summed E-state index contributed by atoms with van der Waals surface area (Å²) < 4.78 is 5.55. The first kappa shape index (κ1) is 11.9. The number of aryl methyl sites for hydroxylation is 1. The highest BCUT2D eigenvalue weighted by Crippen LogP contribution is 2.30. The molecule has 4 rings (SSSR count). The molecule has 21 heavy (non-hydrogen) atoms. The summed E-state index contributed by atoms with van der Waals surface area (Å²) in [6, 6.07) is 11.1. The molecule has 4 aromatic rings. The topological polar surface area (TPSA) is 89.8 Å². The number of rotatable bonds is 2. The Morgan fingerprint density at radius 1 is 1.19 bits per heavy atom. The molecule has 2 N–H and O–H groups in total. The van der Waals surface area contributed by atoms with E-state index in [-0.39, 0.29) is 0 Å². The average Bonchev–Trinajstić information content (AvgIpc) is 3.07. The number of H-pyrrole nitrogens is 1. The molecule has 0 atom stereocenters. The Morgan fingerprint density at radius 2 is 2.10 bits per heavy atom. The van der Waals surface area contributed by atoms with Gasteiger partial charge in [-0.05, 0) is 30.3 Å². The van der Waals surface area contributed by atoms with Crippen LogP contribution in [0, 0.1) is 12.1 Å². The molecule has 0 saturated heterocycles. The number of aromatic amines is 1. The average molecular weight is 279 g/mol. The summed E-state index contributed by atoms with van der Waals surface area (Å²) in [5.74, 6) is 0.631. The molecule has 6 heteroatoms. The summed E-state index contributed by atoms with van der Waals surface area (Å²) in [4.78, 5) is 4.28. The lowest BCUT2D eigenvalue weighted by molar-refractivity contribution is 0.561. The van der Waals surface area contributed by atoms with E-state index >= 15 is 0 Å². The van der Waals surface area contributed by atoms with E-state index in [0.29, 0.717) is 11.6 Å². The van der Waals surface area contributed by atoms with Gasteiger partial charge in [0.15, 0.2) is 11.5 Å². The summed E-state index contributed by atoms with van der Waals surface area (Å²) in [6.45, 7) is 1.82. The maximum Gasteiger partial charge on any atom is 0.192 e. The van der Waals surface area contributed by atoms with E-state index in [1.807, 2.05) is 36.7 Å². The molecule has 2 heterocycles. The molecular weight excluding hydrogens is 268 g/mol. The fraction of sp³-hybridized carbons (Fsp3) is 0.0667. The molecule has 0 saturated carbocycles. The van der Waals surface area contributed by atoms with E-state index in [2.05, 4.69) is 15.2 Å². The number of anilines is 1. The van der Waals surface area contributed by atoms with Crippen LogP contribution in [-0.4, -0.2) is 15.2 Å². The first-order valence-corrected chi connectivity index (χ1v) is 6.48. The molecule has 0 bridgehead atoms. The summed E-state index contributed by atoms with van der Waals surface area (Å²) in [5, 5.41) is 19.0. The van der Waals surface area contributed by atoms with Crippen molar-refractivity contribution in [1.82, 2.24) is 15.2 Å². The summed E-state index contributed by atoms with van der Waals surface area (Å²) >= 11 is 0. The Kier molecular flexibility index (Phi) is 2.45. The van der Waals surface area contributed by atoms with Crippen LogP contribution < -0.4 is 5.48 Å². The van der Waals surface area contributed by atoms with Crippen LogP contribution in [-0.2, 0) is 0 Å². The molecule has 0 aliphatic rings. The number of oxazole rings is 1. The Morgan fingerprint density at radius 3 is 2.95 bits per heavy atom. The molecule has 0 amide bonds. The minimum atomic E-state index is 0.502. The van der Waals surface area contributed by atoms with Gasteiger partial charge in [0.05, 0.1) is 5.52 Å². The smallest absolute Gasteiger partial charge is 0.192 e. The maximum atomic E-state index is 10.8. The van der Waals surface area contributed by atoms with Crippen molar-refractivity contribution < 1.29 is 4.42 Å². The van der Waals surface area contributed by atoms with Crippen LogP contribution in [0.15, 0.2) is 40.8 Å². The molecule has 0 fully saturated rings. The lowest BCUT2D eigenvalue weighted by atomic mass is 10.1. The van der Waals surface area contributed by atoms with Crippen molar-refractivity contribution >= 4 is 27.7 Å². The molecule has 0 aliphatic heterocycles. The van der Waals surface area contributed by atoms with Gasteiger partial charge in [0.1, 0.15) is 11.2 Å². The Balaban J connectivity index is 1.94. The highest BCUT2D eigenvalue weighted by Gasteiger charge is 2.11. The number of nitrogens with one attached hydrogen (secondary N) is 2. The van der Waals surface area contributed by atoms with Crippen molar-refractivity contribution in [2.75, 3.05) is 5.48 Å². The van der Waals surface area contributed by atoms with Gasteiger partial charge in [-0.3, -0.25) is 5.10 Å². The third-order valence-corrected chi connectivity index (χ3v) is 3.45. The minimum absolute atomic E-state index is 0.502. The van der Waals surface area contributed by atoms with Crippen LogP contribution in [0.5, 0.6) is 0 Å². The minimum Gasteiger partial charge on any atom is -0.761 e. The normalized spacial score (nSPS) is 11.3. The third-order valence-electron chi connectivity index (χ3n) is 3.45. The van der Waals surface area contributed by atoms with E-state index in [9.17, 15) is 5.21 Å². The van der Waals surface area contributed by atoms with Crippen LogP contribution in [0.25, 0.3) is 33.3 Å². The van der Waals surface area contributed by atoms with Crippen molar-refractivity contribution in [2.24, 2.45) is 0 Å². The quantitative estimate of drug-likeness (QED) is 0.547. The maximum absolute atomic E-state index is 10.8. The highest BCUT2D eigenvalue weighted by atomic mass is 16.5. The van der Waals surface area contributed by atoms with Gasteiger partial charge in [-0.2, -0.15) is 5.10 Å². The van der Waals surface area contributed by atoms with E-state index in [1.165, 1.54) is 0 Å². The van der Waals surface area contributed by atoms with Crippen LogP contribution in [0.2, 0.25) is 0 Å². The number of aromatic nitrogens is 3. The van der Waals surface area contributed by atoms with Gasteiger partial charge < -0.3 is 15.1 Å². The Bertz CT molecular complexity index is 955. The van der Waals surface area contributed by atoms with Crippen molar-refractivity contribution in [1.29, 1.82) is 0 Å². The largest absolute Gasteiger partial charge is 0.761 e. The predicted molar refractivity (Wildman–Crippen MR) is 80.8 cm³/mol. The Hall–Kier alpha value is -2.86. The van der Waals surface area contributed by atoms with Gasteiger partial charge in [0, 0.05) is 23.6 Å². The van der Waals surface area contributed by atoms with Gasteiger partial charge in [-0.15, -0.1) is 0 Å². The van der Waals surface area contributed by atoms with Gasteiger partial charge in [-0.1, -0.05) is 6.07 Å². The highest BCUT2D eigenvalue weighted by molar-refractivity contribution is 5.96. The van der Waals surface area contributed by atoms with Crippen molar-refractivity contribution in [3.05, 3.63) is 47.5 Å². The van der Waals surface area contributed by atoms with Crippen LogP contribution >= 0.6 is 0 Å². The number of hydrogen-bond acceptors (Lipinski definition) is 5. The van der Waals surface area contributed by atoms with Gasteiger partial charge >= 0.3 is 0 Å². The summed E-state index contributed by atoms with van der Waals surface area (Å²) in [6.07, 6.45) is 0. The molecule has 2 aromatic carbocycles. The first-order chi connectivity index (χ1) is 10.2. The second kappa shape index (κ2) is 4.32. The number of benzene rings is 2. The summed E-state index contributed by atoms with van der Waals surface area (Å²) in [5.41, 5.74) is 6.50. The first-order valence-electron chi connectivity index (χ1n) is 6.48. The zero-order chi connectivity index (χ0) is 14.4. The molecule has 0 unspecified atom stereocenters. The second-order valence-electron chi connectivity index (χ2n) is 4.85. The van der Waals surface area contributed by atoms with Crippen LogP contribution in [0.4, 0.5) is 5.69 Å². The fourth-order valence-corrected chi connectivity index (χ4v) is 2.48. The van der Waals surface area contributed by atoms with Gasteiger partial charge in [0.25, 0.3) is 0 Å². The van der Waals surface area contributed by atoms with Crippen LogP contribution in [0.1, 0.15) is 5.89 Å². The SMILES string of the molecule is Cc1nc2ccc(-c3n[nH]c4ccc(N[O-])cc34)cc2o1. The lowest BCUT2D eigenvalue weighted by Gasteiger charge is -2.08. The third kappa shape index (κ3) is 1.85. The molecule has 104 valence electrons. The molecule has 0 radical (unpaired) electrons. The van der Waals surface area contributed by atoms with E-state index in [1.54, 1.807) is 12.1 Å². The van der Waals surface area contributed by atoms with E-state index in [4.69, 9.17) is 4.42 Å². The zero-order valence-electron chi connectivity index (χ0n) is 11.2. The molecule has 6 nitrogen and oxygen atoms in total. The second-order valence-corrected chi connectivity index (χ2v) is 4.85. The van der Waals surface area contributed by atoms with Crippen molar-refractivity contribution in [2.45, 2.75) is 6.92 Å². The standard InChI is InChI=1S/C15H11N4O2/c1-8-16-13-4-2-9(6-14(13)21-8)15-11-7-10(19-20)3-5-12(11)17-18-15/h2-7,19H,1H3,(H,17,18)/q-1. The molecule has 2 aromatic heterocycles. The number of nitrogens with zero attached hydrogens (tertiary/aromatic N) is 2. The van der Waals surface area contributed by atoms with Crippen LogP contribution in [0.3, 0.4) is 0 Å². The zero-order valence-corrected chi connectivity index (χ0v) is 11.2. The van der Waals surface area contributed by atoms with E-state index in [0.717, 1.165) is 33.3 Å². The lowest BCUT2D eigenvalue weighted by Crippen LogP contribution is -1.84. The molecular formula is C15H11N4O2-. The molecule has 0 spiro atoms. The van der Waals surface area contributed by atoms with E-state index < -0.39 is 0 Å². The van der Waals surface area contributed by atoms with Gasteiger partial charge in [-0.25, -0.2) is 4.98 Å². The number of hydrogen-bond donors (Lipinski definition) is 2. The number of fused-ring (bicyclic) bond motifs is 2. The summed E-state index contributed by atoms with van der Waals surface area (Å²) in [7, 11) is 0. The van der Waals surface area contributed by atoms with Crippen molar-refractivity contribution in [3.8, 4) is 11.3 Å². The van der Waals surface area contributed by atoms with Crippen molar-refractivity contribution in [3.63, 3.8) is 0 Å². The van der Waals surface area contributed by atoms with Gasteiger partial charge in [0.2, 0.25) is 0 Å². The molecule has 0 aliphatic carbocycles. The Labute approximate surface area is 119 Å². The monoisotopic (exact) mass is 279 g/mol. The fourth-order valence-electron chi connectivity index (χ4n) is 2.48. The predicted octanol–water partition coefficient (Wildman–Crippen LogP) is 3.59.